The molecule has 0 aliphatic heterocycles. The largest absolute Gasteiger partial charge is 0.459 e. The molecule has 1 aliphatic rings. The summed E-state index contributed by atoms with van der Waals surface area (Å²) in [7, 11) is 0. The van der Waals surface area contributed by atoms with Gasteiger partial charge in [0.05, 0.1) is 13.2 Å². The molecule has 0 spiro atoms. The maximum absolute atomic E-state index is 13.4. The van der Waals surface area contributed by atoms with Crippen molar-refractivity contribution in [1.82, 2.24) is 10.6 Å². The van der Waals surface area contributed by atoms with Gasteiger partial charge >= 0.3 is 11.9 Å². The second-order valence-corrected chi connectivity index (χ2v) is 9.25. The molecule has 2 aromatic carbocycles. The van der Waals surface area contributed by atoms with E-state index in [0.717, 1.165) is 17.5 Å². The van der Waals surface area contributed by atoms with Crippen LogP contribution in [0.25, 0.3) is 0 Å². The molecule has 3 rings (SSSR count). The fraction of sp³-hybridized carbons (Fsp3) is 0.429. The van der Waals surface area contributed by atoms with Crippen molar-refractivity contribution in [2.75, 3.05) is 13.2 Å². The molecule has 0 aromatic heterocycles. The molecule has 2 amide bonds. The van der Waals surface area contributed by atoms with Crippen molar-refractivity contribution in [3.05, 3.63) is 71.8 Å². The van der Waals surface area contributed by atoms with Gasteiger partial charge < -0.3 is 30.3 Å². The molecular weight excluding hydrogens is 492 g/mol. The van der Waals surface area contributed by atoms with Crippen LogP contribution >= 0.6 is 0 Å². The maximum Gasteiger partial charge on any atom is 0.331 e. The second kappa shape index (κ2) is 14.3. The van der Waals surface area contributed by atoms with E-state index in [1.807, 2.05) is 12.1 Å². The molecule has 0 heterocycles. The predicted molar refractivity (Wildman–Crippen MR) is 136 cm³/mol. The van der Waals surface area contributed by atoms with E-state index in [4.69, 9.17) is 9.47 Å². The van der Waals surface area contributed by atoms with E-state index in [2.05, 4.69) is 10.6 Å². The summed E-state index contributed by atoms with van der Waals surface area (Å²) >= 11 is 0. The second-order valence-electron chi connectivity index (χ2n) is 9.25. The number of ether oxygens (including phenoxy) is 2. The van der Waals surface area contributed by atoms with Gasteiger partial charge in [-0.05, 0) is 24.0 Å². The van der Waals surface area contributed by atoms with Crippen LogP contribution in [-0.4, -0.2) is 59.3 Å². The third-order valence-corrected chi connectivity index (χ3v) is 6.57. The predicted octanol–water partition coefficient (Wildman–Crippen LogP) is 1.38. The molecule has 38 heavy (non-hydrogen) atoms. The number of hydrogen-bond donors (Lipinski definition) is 4. The summed E-state index contributed by atoms with van der Waals surface area (Å²) in [6, 6.07) is 15.1. The van der Waals surface area contributed by atoms with Gasteiger partial charge in [0.2, 0.25) is 11.8 Å². The van der Waals surface area contributed by atoms with E-state index in [0.29, 0.717) is 12.8 Å². The van der Waals surface area contributed by atoms with E-state index < -0.39 is 54.5 Å². The van der Waals surface area contributed by atoms with Gasteiger partial charge in [-0.25, -0.2) is 9.59 Å². The average Bonchev–Trinajstić information content (AvgIpc) is 2.97. The van der Waals surface area contributed by atoms with Crippen LogP contribution in [-0.2, 0) is 41.9 Å². The summed E-state index contributed by atoms with van der Waals surface area (Å²) in [5.74, 6) is -3.18. The van der Waals surface area contributed by atoms with Gasteiger partial charge in [0, 0.05) is 0 Å². The van der Waals surface area contributed by atoms with E-state index >= 15 is 0 Å². The van der Waals surface area contributed by atoms with Crippen molar-refractivity contribution in [1.29, 1.82) is 0 Å². The van der Waals surface area contributed by atoms with Crippen LogP contribution in [0.15, 0.2) is 60.7 Å². The third-order valence-electron chi connectivity index (χ3n) is 6.57. The van der Waals surface area contributed by atoms with Gasteiger partial charge in [-0.15, -0.1) is 0 Å². The van der Waals surface area contributed by atoms with Crippen LogP contribution < -0.4 is 10.6 Å². The molecule has 1 aliphatic carbocycles. The van der Waals surface area contributed by atoms with Crippen molar-refractivity contribution in [2.24, 2.45) is 5.41 Å². The zero-order valence-electron chi connectivity index (χ0n) is 21.1. The van der Waals surface area contributed by atoms with Crippen molar-refractivity contribution >= 4 is 23.8 Å². The van der Waals surface area contributed by atoms with Crippen LogP contribution in [0.2, 0.25) is 0 Å². The third kappa shape index (κ3) is 7.62. The summed E-state index contributed by atoms with van der Waals surface area (Å²) in [5, 5.41) is 24.4. The highest BCUT2D eigenvalue weighted by Crippen LogP contribution is 2.37. The molecule has 10 nitrogen and oxygen atoms in total. The lowest BCUT2D eigenvalue weighted by molar-refractivity contribution is -0.157. The number of hydrogen-bond acceptors (Lipinski definition) is 8. The standard InChI is InChI=1S/C28H34N2O8/c31-16-22(24(33)37-18-20-10-4-1-5-11-20)29-26(35)28(14-8-3-9-15-28)27(36)30-23(17-32)25(34)38-19-21-12-6-2-7-13-21/h1-2,4-7,10-13,22-23,31-32H,3,8-9,14-19H2,(H,29,35)(H,30,36)/t22-,23-/m1/s1. The van der Waals surface area contributed by atoms with E-state index in [-0.39, 0.29) is 26.1 Å². The fourth-order valence-electron chi connectivity index (χ4n) is 4.32. The summed E-state index contributed by atoms with van der Waals surface area (Å²) < 4.78 is 10.5. The van der Waals surface area contributed by atoms with Crippen LogP contribution in [0, 0.1) is 5.41 Å². The van der Waals surface area contributed by atoms with Gasteiger partial charge in [0.1, 0.15) is 18.6 Å². The fourth-order valence-corrected chi connectivity index (χ4v) is 4.32. The zero-order chi connectivity index (χ0) is 27.4. The number of amides is 2. The van der Waals surface area contributed by atoms with Crippen molar-refractivity contribution in [2.45, 2.75) is 57.4 Å². The highest BCUT2D eigenvalue weighted by molar-refractivity contribution is 6.07. The maximum atomic E-state index is 13.4. The lowest BCUT2D eigenvalue weighted by atomic mass is 9.72. The van der Waals surface area contributed by atoms with Crippen LogP contribution in [0.4, 0.5) is 0 Å². The Morgan fingerprint density at radius 1 is 0.684 bits per heavy atom. The zero-order valence-corrected chi connectivity index (χ0v) is 21.1. The summed E-state index contributed by atoms with van der Waals surface area (Å²) in [6.45, 7) is -1.52. The van der Waals surface area contributed by atoms with E-state index in [1.165, 1.54) is 0 Å². The van der Waals surface area contributed by atoms with Crippen LogP contribution in [0.5, 0.6) is 0 Å². The number of rotatable bonds is 12. The molecule has 1 saturated carbocycles. The van der Waals surface area contributed by atoms with Crippen LogP contribution in [0.3, 0.4) is 0 Å². The topological polar surface area (TPSA) is 151 Å². The Morgan fingerprint density at radius 3 is 1.45 bits per heavy atom. The Morgan fingerprint density at radius 2 is 1.08 bits per heavy atom. The number of benzene rings is 2. The van der Waals surface area contributed by atoms with Crippen molar-refractivity contribution in [3.63, 3.8) is 0 Å². The lowest BCUT2D eigenvalue weighted by Crippen LogP contribution is -2.59. The highest BCUT2D eigenvalue weighted by Gasteiger charge is 2.48. The average molecular weight is 527 g/mol. The summed E-state index contributed by atoms with van der Waals surface area (Å²) in [4.78, 5) is 51.9. The smallest absolute Gasteiger partial charge is 0.331 e. The Hall–Kier alpha value is -3.76. The molecule has 0 saturated heterocycles. The van der Waals surface area contributed by atoms with Gasteiger partial charge in [0.25, 0.3) is 0 Å². The van der Waals surface area contributed by atoms with E-state index in [9.17, 15) is 29.4 Å². The Balaban J connectivity index is 1.64. The van der Waals surface area contributed by atoms with Gasteiger partial charge in [-0.3, -0.25) is 9.59 Å². The monoisotopic (exact) mass is 526 g/mol. The normalized spacial score (nSPS) is 15.9. The minimum atomic E-state index is -1.58. The molecule has 1 fully saturated rings. The van der Waals surface area contributed by atoms with Gasteiger partial charge in [0.15, 0.2) is 12.1 Å². The molecular formula is C28H34N2O8. The molecule has 204 valence electrons. The van der Waals surface area contributed by atoms with Crippen LogP contribution in [0.1, 0.15) is 43.2 Å². The number of esters is 2. The lowest BCUT2D eigenvalue weighted by Gasteiger charge is -2.36. The number of aliphatic hydroxyl groups excluding tert-OH is 2. The molecule has 2 aromatic rings. The first-order valence-electron chi connectivity index (χ1n) is 12.6. The Labute approximate surface area is 221 Å². The molecule has 10 heteroatoms. The highest BCUT2D eigenvalue weighted by atomic mass is 16.5. The SMILES string of the molecule is O=C(OCc1ccccc1)[C@@H](CO)NC(=O)C1(C(=O)N[C@H](CO)C(=O)OCc2ccccc2)CCCCC1. The molecule has 0 bridgehead atoms. The van der Waals surface area contributed by atoms with Crippen molar-refractivity contribution in [3.8, 4) is 0 Å². The number of nitrogens with one attached hydrogen (secondary N) is 2. The van der Waals surface area contributed by atoms with E-state index in [1.54, 1.807) is 48.5 Å². The summed E-state index contributed by atoms with van der Waals surface area (Å²) in [5.41, 5.74) is -0.110. The van der Waals surface area contributed by atoms with Gasteiger partial charge in [-0.1, -0.05) is 79.9 Å². The summed E-state index contributed by atoms with van der Waals surface area (Å²) in [6.07, 6.45) is 2.32. The first-order chi connectivity index (χ1) is 18.4. The molecule has 0 radical (unpaired) electrons. The number of carbonyl (C=O) groups is 4. The Kier molecular flexibility index (Phi) is 10.8. The first-order valence-corrected chi connectivity index (χ1v) is 12.6. The minimum absolute atomic E-state index is 0.0407. The van der Waals surface area contributed by atoms with Gasteiger partial charge in [-0.2, -0.15) is 0 Å². The first kappa shape index (κ1) is 28.8. The Bertz CT molecular complexity index is 991. The number of carbonyl (C=O) groups excluding carboxylic acids is 4. The minimum Gasteiger partial charge on any atom is -0.459 e. The van der Waals surface area contributed by atoms with Crippen molar-refractivity contribution < 1.29 is 38.9 Å². The molecule has 2 atom stereocenters. The quantitative estimate of drug-likeness (QED) is 0.239. The number of aliphatic hydroxyl groups is 2. The molecule has 4 N–H and O–H groups in total. The molecule has 0 unspecified atom stereocenters.